The Balaban J connectivity index is 0.00000225. The van der Waals surface area contributed by atoms with Crippen molar-refractivity contribution in [2.24, 2.45) is 12.0 Å². The predicted molar refractivity (Wildman–Crippen MR) is 109 cm³/mol. The fraction of sp³-hybridized carbons (Fsp3) is 0.500. The Morgan fingerprint density at radius 1 is 1.20 bits per heavy atom. The van der Waals surface area contributed by atoms with E-state index in [9.17, 15) is 0 Å². The van der Waals surface area contributed by atoms with Crippen molar-refractivity contribution in [2.45, 2.75) is 13.5 Å². The van der Waals surface area contributed by atoms with Crippen LogP contribution in [0.25, 0.3) is 0 Å². The highest BCUT2D eigenvalue weighted by atomic mass is 127. The molecule has 3 heterocycles. The van der Waals surface area contributed by atoms with Gasteiger partial charge in [-0.1, -0.05) is 6.07 Å². The molecule has 0 atom stereocenters. The van der Waals surface area contributed by atoms with E-state index in [0.29, 0.717) is 6.54 Å². The zero-order valence-electron chi connectivity index (χ0n) is 14.7. The molecule has 0 spiro atoms. The first kappa shape index (κ1) is 19.4. The molecular weight excluding hydrogens is 431 g/mol. The van der Waals surface area contributed by atoms with Crippen LogP contribution < -0.4 is 10.2 Å². The monoisotopic (exact) mass is 456 g/mol. The summed E-state index contributed by atoms with van der Waals surface area (Å²) in [5.74, 6) is 2.83. The average Bonchev–Trinajstić information content (AvgIpc) is 3.04. The number of nitrogens with one attached hydrogen (secondary N) is 1. The van der Waals surface area contributed by atoms with E-state index in [1.165, 1.54) is 0 Å². The van der Waals surface area contributed by atoms with Gasteiger partial charge in [0.1, 0.15) is 24.5 Å². The number of hydrogen-bond acceptors (Lipinski definition) is 5. The number of halogens is 1. The fourth-order valence-corrected chi connectivity index (χ4v) is 2.72. The van der Waals surface area contributed by atoms with Crippen LogP contribution in [-0.2, 0) is 13.6 Å². The maximum atomic E-state index is 4.71. The van der Waals surface area contributed by atoms with Crippen molar-refractivity contribution in [1.82, 2.24) is 30.0 Å². The van der Waals surface area contributed by atoms with Gasteiger partial charge < -0.3 is 15.1 Å². The number of rotatable bonds is 4. The SMILES string of the molecule is CCNC(=NCc1ncnn1C)N1CCN(c2ccccn2)CC1.I. The Morgan fingerprint density at radius 2 is 2.00 bits per heavy atom. The molecule has 2 aromatic rings. The number of pyridine rings is 1. The second-order valence-corrected chi connectivity index (χ2v) is 5.63. The highest BCUT2D eigenvalue weighted by molar-refractivity contribution is 14.0. The quantitative estimate of drug-likeness (QED) is 0.422. The van der Waals surface area contributed by atoms with E-state index in [4.69, 9.17) is 4.99 Å². The Labute approximate surface area is 165 Å². The molecule has 1 N–H and O–H groups in total. The van der Waals surface area contributed by atoms with Crippen molar-refractivity contribution in [3.8, 4) is 0 Å². The topological polar surface area (TPSA) is 74.5 Å². The van der Waals surface area contributed by atoms with Gasteiger partial charge in [0.25, 0.3) is 0 Å². The third-order valence-electron chi connectivity index (χ3n) is 4.06. The first-order valence-electron chi connectivity index (χ1n) is 8.30. The Morgan fingerprint density at radius 3 is 2.60 bits per heavy atom. The van der Waals surface area contributed by atoms with Gasteiger partial charge in [-0.25, -0.2) is 15.0 Å². The van der Waals surface area contributed by atoms with Crippen LogP contribution in [0, 0.1) is 0 Å². The molecule has 0 aliphatic carbocycles. The van der Waals surface area contributed by atoms with Crippen LogP contribution in [0.4, 0.5) is 5.82 Å². The molecule has 1 fully saturated rings. The van der Waals surface area contributed by atoms with Crippen LogP contribution in [0.5, 0.6) is 0 Å². The van der Waals surface area contributed by atoms with Crippen molar-refractivity contribution in [3.63, 3.8) is 0 Å². The highest BCUT2D eigenvalue weighted by Crippen LogP contribution is 2.12. The van der Waals surface area contributed by atoms with Crippen LogP contribution in [0.15, 0.2) is 35.7 Å². The summed E-state index contributed by atoms with van der Waals surface area (Å²) in [5, 5.41) is 7.46. The van der Waals surface area contributed by atoms with E-state index in [-0.39, 0.29) is 24.0 Å². The van der Waals surface area contributed by atoms with E-state index >= 15 is 0 Å². The summed E-state index contributed by atoms with van der Waals surface area (Å²) in [4.78, 5) is 18.0. The third kappa shape index (κ3) is 5.03. The number of guanidine groups is 1. The van der Waals surface area contributed by atoms with Gasteiger partial charge in [-0.05, 0) is 19.1 Å². The maximum Gasteiger partial charge on any atom is 0.194 e. The first-order chi connectivity index (χ1) is 11.8. The summed E-state index contributed by atoms with van der Waals surface area (Å²) < 4.78 is 1.76. The molecule has 0 amide bonds. The number of nitrogens with zero attached hydrogens (tertiary/aromatic N) is 7. The molecule has 1 aliphatic rings. The highest BCUT2D eigenvalue weighted by Gasteiger charge is 2.20. The molecule has 0 radical (unpaired) electrons. The van der Waals surface area contributed by atoms with Crippen LogP contribution >= 0.6 is 24.0 Å². The van der Waals surface area contributed by atoms with Crippen molar-refractivity contribution in [2.75, 3.05) is 37.6 Å². The van der Waals surface area contributed by atoms with E-state index in [1.807, 2.05) is 25.4 Å². The summed E-state index contributed by atoms with van der Waals surface area (Å²) in [6.07, 6.45) is 3.40. The van der Waals surface area contributed by atoms with Crippen molar-refractivity contribution >= 4 is 35.8 Å². The molecule has 3 rings (SSSR count). The number of anilines is 1. The Kier molecular flexibility index (Phi) is 7.41. The number of hydrogen-bond donors (Lipinski definition) is 1. The molecule has 1 aliphatic heterocycles. The van der Waals surface area contributed by atoms with E-state index < -0.39 is 0 Å². The molecule has 1 saturated heterocycles. The van der Waals surface area contributed by atoms with Gasteiger partial charge >= 0.3 is 0 Å². The number of aliphatic imine (C=N–C) groups is 1. The van der Waals surface area contributed by atoms with Crippen LogP contribution in [0.2, 0.25) is 0 Å². The number of aromatic nitrogens is 4. The molecule has 0 aromatic carbocycles. The van der Waals surface area contributed by atoms with Crippen molar-refractivity contribution < 1.29 is 0 Å². The number of piperazine rings is 1. The Hall–Kier alpha value is -1.91. The van der Waals surface area contributed by atoms with Gasteiger partial charge in [-0.2, -0.15) is 5.10 Å². The Bertz CT molecular complexity index is 664. The van der Waals surface area contributed by atoms with Gasteiger partial charge in [-0.3, -0.25) is 4.68 Å². The molecule has 9 heteroatoms. The van der Waals surface area contributed by atoms with Gasteiger partial charge in [0, 0.05) is 46.0 Å². The minimum absolute atomic E-state index is 0. The molecule has 0 saturated carbocycles. The van der Waals surface area contributed by atoms with Gasteiger partial charge in [0.05, 0.1) is 0 Å². The molecule has 0 bridgehead atoms. The fourth-order valence-electron chi connectivity index (χ4n) is 2.72. The lowest BCUT2D eigenvalue weighted by Crippen LogP contribution is -2.52. The smallest absolute Gasteiger partial charge is 0.194 e. The van der Waals surface area contributed by atoms with Crippen LogP contribution in [0.3, 0.4) is 0 Å². The maximum absolute atomic E-state index is 4.71. The van der Waals surface area contributed by atoms with E-state index in [1.54, 1.807) is 11.0 Å². The summed E-state index contributed by atoms with van der Waals surface area (Å²) in [7, 11) is 1.89. The second-order valence-electron chi connectivity index (χ2n) is 5.63. The van der Waals surface area contributed by atoms with E-state index in [0.717, 1.165) is 50.3 Å². The largest absolute Gasteiger partial charge is 0.357 e. The molecule has 2 aromatic heterocycles. The summed E-state index contributed by atoms with van der Waals surface area (Å²) in [5.41, 5.74) is 0. The lowest BCUT2D eigenvalue weighted by molar-refractivity contribution is 0.371. The summed E-state index contributed by atoms with van der Waals surface area (Å²) in [6, 6.07) is 6.03. The van der Waals surface area contributed by atoms with Crippen molar-refractivity contribution in [1.29, 1.82) is 0 Å². The average molecular weight is 456 g/mol. The normalized spacial score (nSPS) is 15.0. The summed E-state index contributed by atoms with van der Waals surface area (Å²) >= 11 is 0. The van der Waals surface area contributed by atoms with Gasteiger partial charge in [0.15, 0.2) is 5.96 Å². The van der Waals surface area contributed by atoms with Gasteiger partial charge in [0.2, 0.25) is 0 Å². The standard InChI is InChI=1S/C16H24N8.HI/c1-3-17-16(19-12-15-20-13-21-22(15)2)24-10-8-23(9-11-24)14-6-4-5-7-18-14;/h4-7,13H,3,8-12H2,1-2H3,(H,17,19);1H. The predicted octanol–water partition coefficient (Wildman–Crippen LogP) is 1.12. The number of aryl methyl sites for hydroxylation is 1. The third-order valence-corrected chi connectivity index (χ3v) is 4.06. The molecule has 136 valence electrons. The van der Waals surface area contributed by atoms with Crippen LogP contribution in [-0.4, -0.2) is 63.3 Å². The lowest BCUT2D eigenvalue weighted by atomic mass is 10.3. The zero-order valence-corrected chi connectivity index (χ0v) is 17.0. The summed E-state index contributed by atoms with van der Waals surface area (Å²) in [6.45, 7) is 7.17. The minimum Gasteiger partial charge on any atom is -0.357 e. The van der Waals surface area contributed by atoms with Crippen molar-refractivity contribution in [3.05, 3.63) is 36.5 Å². The van der Waals surface area contributed by atoms with E-state index in [2.05, 4.69) is 43.2 Å². The first-order valence-corrected chi connectivity index (χ1v) is 8.30. The zero-order chi connectivity index (χ0) is 16.8. The molecule has 8 nitrogen and oxygen atoms in total. The molecular formula is C16H25IN8. The second kappa shape index (κ2) is 9.54. The molecule has 25 heavy (non-hydrogen) atoms. The van der Waals surface area contributed by atoms with Crippen LogP contribution in [0.1, 0.15) is 12.7 Å². The molecule has 0 unspecified atom stereocenters. The minimum atomic E-state index is 0. The lowest BCUT2D eigenvalue weighted by Gasteiger charge is -2.37. The van der Waals surface area contributed by atoms with Gasteiger partial charge in [-0.15, -0.1) is 24.0 Å².